The second-order valence-corrected chi connectivity index (χ2v) is 5.08. The fourth-order valence-electron chi connectivity index (χ4n) is 2.94. The maximum Gasteiger partial charge on any atom is 0.161 e. The molecule has 3 rings (SSSR count). The van der Waals surface area contributed by atoms with E-state index in [1.165, 1.54) is 11.1 Å². The molecule has 1 heterocycles. The molecule has 0 N–H and O–H groups in total. The minimum absolute atomic E-state index is 0.745. The van der Waals surface area contributed by atoms with E-state index in [1.807, 2.05) is 24.3 Å². The molecule has 0 aliphatic carbocycles. The Morgan fingerprint density at radius 3 is 2.19 bits per heavy atom. The van der Waals surface area contributed by atoms with Crippen molar-refractivity contribution in [3.63, 3.8) is 0 Å². The number of hydrogen-bond acceptors (Lipinski definition) is 4. The van der Waals surface area contributed by atoms with Gasteiger partial charge in [0.15, 0.2) is 11.5 Å². The minimum atomic E-state index is 0.745. The van der Waals surface area contributed by atoms with Crippen molar-refractivity contribution < 1.29 is 14.2 Å². The van der Waals surface area contributed by atoms with Crippen LogP contribution in [0, 0.1) is 0 Å². The van der Waals surface area contributed by atoms with Gasteiger partial charge < -0.3 is 19.1 Å². The van der Waals surface area contributed by atoms with Crippen LogP contribution in [0.4, 0.5) is 5.69 Å². The van der Waals surface area contributed by atoms with Gasteiger partial charge in [0.25, 0.3) is 0 Å². The van der Waals surface area contributed by atoms with E-state index in [4.69, 9.17) is 14.2 Å². The molecular formula is C17H19NO3. The highest BCUT2D eigenvalue weighted by Gasteiger charge is 2.24. The number of nitrogens with zero attached hydrogens (tertiary/aromatic N) is 1. The van der Waals surface area contributed by atoms with Crippen LogP contribution in [-0.2, 0) is 6.54 Å². The molecule has 1 aliphatic heterocycles. The number of ether oxygens (including phenoxy) is 3. The van der Waals surface area contributed by atoms with Crippen LogP contribution >= 0.6 is 0 Å². The standard InChI is InChI=1S/C17H19NO3/c1-18-10-11-8-15(20-3)16(21-4)9-13(11)12-6-5-7-14(19-2)17(12)18/h5-9H,10H2,1-4H3. The fraction of sp³-hybridized carbons (Fsp3) is 0.294. The number of anilines is 1. The summed E-state index contributed by atoms with van der Waals surface area (Å²) in [5.41, 5.74) is 4.65. The molecule has 0 bridgehead atoms. The van der Waals surface area contributed by atoms with Crippen molar-refractivity contribution in [2.75, 3.05) is 33.3 Å². The van der Waals surface area contributed by atoms with Crippen molar-refractivity contribution in [3.05, 3.63) is 35.9 Å². The van der Waals surface area contributed by atoms with Gasteiger partial charge in [0.2, 0.25) is 0 Å². The number of fused-ring (bicyclic) bond motifs is 3. The number of hydrogen-bond donors (Lipinski definition) is 0. The van der Waals surface area contributed by atoms with Crippen LogP contribution in [-0.4, -0.2) is 28.4 Å². The summed E-state index contributed by atoms with van der Waals surface area (Å²) < 4.78 is 16.3. The summed E-state index contributed by atoms with van der Waals surface area (Å²) in [6, 6.07) is 10.2. The van der Waals surface area contributed by atoms with Crippen LogP contribution < -0.4 is 19.1 Å². The van der Waals surface area contributed by atoms with E-state index >= 15 is 0 Å². The first-order valence-corrected chi connectivity index (χ1v) is 6.83. The van der Waals surface area contributed by atoms with E-state index in [1.54, 1.807) is 21.3 Å². The van der Waals surface area contributed by atoms with Gasteiger partial charge in [0.05, 0.1) is 27.0 Å². The van der Waals surface area contributed by atoms with Gasteiger partial charge in [-0.05, 0) is 29.3 Å². The molecule has 2 aromatic rings. The Morgan fingerprint density at radius 1 is 0.857 bits per heavy atom. The Balaban J connectivity index is 2.25. The van der Waals surface area contributed by atoms with Crippen LogP contribution in [0.5, 0.6) is 17.2 Å². The Hall–Kier alpha value is -2.36. The van der Waals surface area contributed by atoms with Crippen LogP contribution in [0.1, 0.15) is 5.56 Å². The van der Waals surface area contributed by atoms with Crippen molar-refractivity contribution in [1.29, 1.82) is 0 Å². The van der Waals surface area contributed by atoms with Gasteiger partial charge >= 0.3 is 0 Å². The first kappa shape index (κ1) is 13.6. The first-order valence-electron chi connectivity index (χ1n) is 6.83. The monoisotopic (exact) mass is 285 g/mol. The summed E-state index contributed by atoms with van der Waals surface area (Å²) in [4.78, 5) is 2.20. The SMILES string of the molecule is COc1cc2c(cc1OC)-c1cccc(OC)c1N(C)C2. The molecule has 0 spiro atoms. The Bertz CT molecular complexity index is 682. The topological polar surface area (TPSA) is 30.9 Å². The molecule has 0 radical (unpaired) electrons. The molecule has 0 saturated carbocycles. The van der Waals surface area contributed by atoms with E-state index in [0.29, 0.717) is 0 Å². The fourth-order valence-corrected chi connectivity index (χ4v) is 2.94. The first-order chi connectivity index (χ1) is 10.2. The molecule has 0 saturated heterocycles. The number of methoxy groups -OCH3 is 3. The predicted molar refractivity (Wildman–Crippen MR) is 83.6 cm³/mol. The van der Waals surface area contributed by atoms with Gasteiger partial charge in [-0.25, -0.2) is 0 Å². The highest BCUT2D eigenvalue weighted by molar-refractivity contribution is 5.88. The number of benzene rings is 2. The van der Waals surface area contributed by atoms with Crippen LogP contribution in [0.2, 0.25) is 0 Å². The van der Waals surface area contributed by atoms with E-state index in [-0.39, 0.29) is 0 Å². The molecule has 2 aromatic carbocycles. The maximum atomic E-state index is 5.50. The summed E-state index contributed by atoms with van der Waals surface area (Å²) in [7, 11) is 7.09. The molecule has 1 aliphatic rings. The molecule has 110 valence electrons. The predicted octanol–water partition coefficient (Wildman–Crippen LogP) is 3.33. The molecule has 4 heteroatoms. The average molecular weight is 285 g/mol. The van der Waals surface area contributed by atoms with Crippen LogP contribution in [0.3, 0.4) is 0 Å². The third-order valence-electron chi connectivity index (χ3n) is 3.91. The largest absolute Gasteiger partial charge is 0.495 e. The van der Waals surface area contributed by atoms with Gasteiger partial charge in [-0.3, -0.25) is 0 Å². The zero-order valence-electron chi connectivity index (χ0n) is 12.8. The minimum Gasteiger partial charge on any atom is -0.495 e. The highest BCUT2D eigenvalue weighted by atomic mass is 16.5. The van der Waals surface area contributed by atoms with E-state index in [2.05, 4.69) is 18.0 Å². The lowest BCUT2D eigenvalue weighted by Gasteiger charge is -2.31. The Kier molecular flexibility index (Phi) is 3.37. The van der Waals surface area contributed by atoms with E-state index in [9.17, 15) is 0 Å². The summed E-state index contributed by atoms with van der Waals surface area (Å²) >= 11 is 0. The lowest BCUT2D eigenvalue weighted by Crippen LogP contribution is -2.22. The average Bonchev–Trinajstić information content (AvgIpc) is 2.53. The van der Waals surface area contributed by atoms with Gasteiger partial charge in [-0.1, -0.05) is 12.1 Å². The van der Waals surface area contributed by atoms with Crippen LogP contribution in [0.15, 0.2) is 30.3 Å². The van der Waals surface area contributed by atoms with Gasteiger partial charge in [0.1, 0.15) is 5.75 Å². The third kappa shape index (κ3) is 2.07. The van der Waals surface area contributed by atoms with Crippen molar-refractivity contribution in [3.8, 4) is 28.4 Å². The molecular weight excluding hydrogens is 266 g/mol. The molecule has 0 fully saturated rings. The maximum absolute atomic E-state index is 5.50. The Labute approximate surface area is 124 Å². The lowest BCUT2D eigenvalue weighted by molar-refractivity contribution is 0.354. The summed E-state index contributed by atoms with van der Waals surface area (Å²) in [6.45, 7) is 0.809. The zero-order valence-corrected chi connectivity index (χ0v) is 12.8. The summed E-state index contributed by atoms with van der Waals surface area (Å²) in [5.74, 6) is 2.39. The highest BCUT2D eigenvalue weighted by Crippen LogP contribution is 2.46. The van der Waals surface area contributed by atoms with Gasteiger partial charge in [0, 0.05) is 19.2 Å². The van der Waals surface area contributed by atoms with Crippen molar-refractivity contribution >= 4 is 5.69 Å². The van der Waals surface area contributed by atoms with Crippen molar-refractivity contribution in [2.24, 2.45) is 0 Å². The van der Waals surface area contributed by atoms with Crippen molar-refractivity contribution in [1.82, 2.24) is 0 Å². The quantitative estimate of drug-likeness (QED) is 0.865. The molecule has 4 nitrogen and oxygen atoms in total. The normalized spacial score (nSPS) is 12.5. The molecule has 21 heavy (non-hydrogen) atoms. The molecule has 0 amide bonds. The van der Waals surface area contributed by atoms with Gasteiger partial charge in [-0.15, -0.1) is 0 Å². The Morgan fingerprint density at radius 2 is 1.52 bits per heavy atom. The third-order valence-corrected chi connectivity index (χ3v) is 3.91. The number of para-hydroxylation sites is 1. The molecule has 0 unspecified atom stereocenters. The lowest BCUT2D eigenvalue weighted by atomic mass is 9.92. The summed E-state index contributed by atoms with van der Waals surface area (Å²) in [5, 5.41) is 0. The molecule has 0 aromatic heterocycles. The van der Waals surface area contributed by atoms with Gasteiger partial charge in [-0.2, -0.15) is 0 Å². The smallest absolute Gasteiger partial charge is 0.161 e. The van der Waals surface area contributed by atoms with E-state index in [0.717, 1.165) is 35.0 Å². The van der Waals surface area contributed by atoms with E-state index < -0.39 is 0 Å². The summed E-state index contributed by atoms with van der Waals surface area (Å²) in [6.07, 6.45) is 0. The second kappa shape index (κ2) is 5.20. The number of rotatable bonds is 3. The van der Waals surface area contributed by atoms with Crippen molar-refractivity contribution in [2.45, 2.75) is 6.54 Å². The second-order valence-electron chi connectivity index (χ2n) is 5.08. The zero-order chi connectivity index (χ0) is 15.0. The van der Waals surface area contributed by atoms with Crippen LogP contribution in [0.25, 0.3) is 11.1 Å². The molecule has 0 atom stereocenters.